The Balaban J connectivity index is 1.32. The third kappa shape index (κ3) is 6.76. The fourth-order valence-corrected chi connectivity index (χ4v) is 4.00. The van der Waals surface area contributed by atoms with Crippen LogP contribution >= 0.6 is 23.8 Å². The summed E-state index contributed by atoms with van der Waals surface area (Å²) in [6, 6.07) is 14.0. The molecule has 0 unspecified atom stereocenters. The summed E-state index contributed by atoms with van der Waals surface area (Å²) >= 11 is 11.6. The molecule has 162 valence electrons. The fraction of sp³-hybridized carbons (Fsp3) is 0.435. The van der Waals surface area contributed by atoms with Gasteiger partial charge in [-0.2, -0.15) is 0 Å². The Bertz CT molecular complexity index is 822. The number of nitrogens with one attached hydrogen (secondary N) is 2. The number of thiocarbonyl (C=S) groups is 1. The normalized spacial score (nSPS) is 14.4. The van der Waals surface area contributed by atoms with E-state index in [4.69, 9.17) is 28.6 Å². The van der Waals surface area contributed by atoms with Crippen molar-refractivity contribution in [1.82, 2.24) is 10.2 Å². The summed E-state index contributed by atoms with van der Waals surface area (Å²) in [4.78, 5) is 4.95. The molecule has 1 heterocycles. The first-order chi connectivity index (χ1) is 14.5. The summed E-state index contributed by atoms with van der Waals surface area (Å²) in [5.74, 6) is 0.868. The highest BCUT2D eigenvalue weighted by molar-refractivity contribution is 7.80. The molecule has 0 spiro atoms. The van der Waals surface area contributed by atoms with Crippen LogP contribution in [0.1, 0.15) is 18.9 Å². The Hall–Kier alpha value is -2.02. The number of ether oxygens (including phenoxy) is 1. The van der Waals surface area contributed by atoms with Gasteiger partial charge in [-0.3, -0.25) is 4.90 Å². The number of piperazine rings is 1. The smallest absolute Gasteiger partial charge is 0.170 e. The van der Waals surface area contributed by atoms with E-state index in [0.29, 0.717) is 11.7 Å². The van der Waals surface area contributed by atoms with Crippen LogP contribution in [0.5, 0.6) is 5.75 Å². The van der Waals surface area contributed by atoms with Crippen molar-refractivity contribution in [1.29, 1.82) is 0 Å². The largest absolute Gasteiger partial charge is 0.494 e. The van der Waals surface area contributed by atoms with Gasteiger partial charge in [0.25, 0.3) is 0 Å². The molecule has 0 aliphatic carbocycles. The number of hydrogen-bond acceptors (Lipinski definition) is 4. The molecule has 1 saturated heterocycles. The van der Waals surface area contributed by atoms with Gasteiger partial charge < -0.3 is 20.3 Å². The Kier molecular flexibility index (Phi) is 8.61. The minimum Gasteiger partial charge on any atom is -0.494 e. The monoisotopic (exact) mass is 446 g/mol. The average molecular weight is 447 g/mol. The highest BCUT2D eigenvalue weighted by Gasteiger charge is 2.18. The summed E-state index contributed by atoms with van der Waals surface area (Å²) in [6.07, 6.45) is 1.06. The molecule has 0 aromatic heterocycles. The number of benzene rings is 2. The maximum atomic E-state index is 6.18. The zero-order chi connectivity index (χ0) is 21.3. The van der Waals surface area contributed by atoms with E-state index in [1.54, 1.807) is 0 Å². The average Bonchev–Trinajstić information content (AvgIpc) is 2.75. The molecular formula is C23H31ClN4OS. The van der Waals surface area contributed by atoms with Crippen LogP contribution < -0.4 is 20.3 Å². The van der Waals surface area contributed by atoms with Crippen molar-refractivity contribution in [2.75, 3.05) is 56.1 Å². The van der Waals surface area contributed by atoms with E-state index in [0.717, 1.165) is 62.1 Å². The van der Waals surface area contributed by atoms with Crippen molar-refractivity contribution in [2.24, 2.45) is 0 Å². The SMILES string of the molecule is CCOc1ccc(NC(=S)NCCCN2CCN(c3cc(Cl)ccc3C)CC2)cc1. The number of rotatable bonds is 8. The second-order valence-corrected chi connectivity index (χ2v) is 8.30. The van der Waals surface area contributed by atoms with E-state index in [-0.39, 0.29) is 0 Å². The summed E-state index contributed by atoms with van der Waals surface area (Å²) in [5.41, 5.74) is 3.50. The third-order valence-electron chi connectivity index (χ3n) is 5.24. The molecule has 3 rings (SSSR count). The van der Waals surface area contributed by atoms with Crippen LogP contribution in [-0.4, -0.2) is 55.9 Å². The van der Waals surface area contributed by atoms with Crippen LogP contribution in [0.2, 0.25) is 5.02 Å². The Morgan fingerprint density at radius 1 is 1.10 bits per heavy atom. The van der Waals surface area contributed by atoms with Gasteiger partial charge in [-0.25, -0.2) is 0 Å². The number of hydrogen-bond donors (Lipinski definition) is 2. The highest BCUT2D eigenvalue weighted by Crippen LogP contribution is 2.25. The van der Waals surface area contributed by atoms with Crippen molar-refractivity contribution in [3.63, 3.8) is 0 Å². The lowest BCUT2D eigenvalue weighted by atomic mass is 10.1. The molecule has 0 saturated carbocycles. The van der Waals surface area contributed by atoms with Crippen molar-refractivity contribution >= 4 is 40.3 Å². The molecular weight excluding hydrogens is 416 g/mol. The molecule has 1 aliphatic rings. The first-order valence-corrected chi connectivity index (χ1v) is 11.3. The van der Waals surface area contributed by atoms with Gasteiger partial charge in [-0.1, -0.05) is 17.7 Å². The van der Waals surface area contributed by atoms with Gasteiger partial charge in [0.05, 0.1) is 6.61 Å². The van der Waals surface area contributed by atoms with Crippen molar-refractivity contribution in [2.45, 2.75) is 20.3 Å². The Morgan fingerprint density at radius 3 is 2.53 bits per heavy atom. The standard InChI is InChI=1S/C23H31ClN4OS/c1-3-29-21-9-7-20(8-10-21)26-23(30)25-11-4-12-27-13-15-28(16-14-27)22-17-19(24)6-5-18(22)2/h5-10,17H,3-4,11-16H2,1-2H3,(H2,25,26,30). The molecule has 0 bridgehead atoms. The lowest BCUT2D eigenvalue weighted by Crippen LogP contribution is -2.47. The van der Waals surface area contributed by atoms with Gasteiger partial charge in [-0.05, 0) is 81.0 Å². The molecule has 5 nitrogen and oxygen atoms in total. The molecule has 2 N–H and O–H groups in total. The topological polar surface area (TPSA) is 39.8 Å². The Labute approximate surface area is 190 Å². The second kappa shape index (κ2) is 11.4. The molecule has 0 amide bonds. The zero-order valence-electron chi connectivity index (χ0n) is 17.8. The molecule has 2 aromatic carbocycles. The molecule has 2 aromatic rings. The molecule has 1 fully saturated rings. The molecule has 0 radical (unpaired) electrons. The quantitative estimate of drug-likeness (QED) is 0.458. The molecule has 7 heteroatoms. The van der Waals surface area contributed by atoms with E-state index >= 15 is 0 Å². The first-order valence-electron chi connectivity index (χ1n) is 10.6. The molecule has 30 heavy (non-hydrogen) atoms. The zero-order valence-corrected chi connectivity index (χ0v) is 19.4. The van der Waals surface area contributed by atoms with Gasteiger partial charge in [0.1, 0.15) is 5.75 Å². The van der Waals surface area contributed by atoms with E-state index < -0.39 is 0 Å². The second-order valence-electron chi connectivity index (χ2n) is 7.45. The predicted molar refractivity (Wildman–Crippen MR) is 131 cm³/mol. The van der Waals surface area contributed by atoms with Crippen LogP contribution in [0.4, 0.5) is 11.4 Å². The predicted octanol–water partition coefficient (Wildman–Crippen LogP) is 4.55. The number of anilines is 2. The van der Waals surface area contributed by atoms with Crippen LogP contribution in [0.15, 0.2) is 42.5 Å². The van der Waals surface area contributed by atoms with Crippen LogP contribution in [-0.2, 0) is 0 Å². The van der Waals surface area contributed by atoms with Crippen LogP contribution in [0.3, 0.4) is 0 Å². The maximum absolute atomic E-state index is 6.18. The summed E-state index contributed by atoms with van der Waals surface area (Å²) in [7, 11) is 0. The first kappa shape index (κ1) is 22.7. The van der Waals surface area contributed by atoms with Crippen LogP contribution in [0.25, 0.3) is 0 Å². The van der Waals surface area contributed by atoms with Crippen molar-refractivity contribution in [3.05, 3.63) is 53.1 Å². The fourth-order valence-electron chi connectivity index (χ4n) is 3.62. The number of aryl methyl sites for hydroxylation is 1. The van der Waals surface area contributed by atoms with Gasteiger partial charge in [0.15, 0.2) is 5.11 Å². The number of nitrogens with zero attached hydrogens (tertiary/aromatic N) is 2. The third-order valence-corrected chi connectivity index (χ3v) is 5.73. The van der Waals surface area contributed by atoms with E-state index in [1.807, 2.05) is 37.3 Å². The summed E-state index contributed by atoms with van der Waals surface area (Å²) in [6.45, 7) is 10.9. The number of halogens is 1. The van der Waals surface area contributed by atoms with Gasteiger partial charge >= 0.3 is 0 Å². The molecule has 0 atom stereocenters. The summed E-state index contributed by atoms with van der Waals surface area (Å²) in [5, 5.41) is 7.97. The van der Waals surface area contributed by atoms with E-state index in [9.17, 15) is 0 Å². The minimum absolute atomic E-state index is 0.653. The van der Waals surface area contributed by atoms with E-state index in [1.165, 1.54) is 11.3 Å². The lowest BCUT2D eigenvalue weighted by molar-refractivity contribution is 0.255. The minimum atomic E-state index is 0.653. The van der Waals surface area contributed by atoms with Crippen LogP contribution in [0, 0.1) is 6.92 Å². The lowest BCUT2D eigenvalue weighted by Gasteiger charge is -2.37. The molecule has 1 aliphatic heterocycles. The van der Waals surface area contributed by atoms with Crippen molar-refractivity contribution in [3.8, 4) is 5.75 Å². The van der Waals surface area contributed by atoms with Gasteiger partial charge in [0, 0.05) is 49.1 Å². The van der Waals surface area contributed by atoms with Gasteiger partial charge in [0.2, 0.25) is 0 Å². The van der Waals surface area contributed by atoms with Crippen molar-refractivity contribution < 1.29 is 4.74 Å². The van der Waals surface area contributed by atoms with E-state index in [2.05, 4.69) is 39.5 Å². The summed E-state index contributed by atoms with van der Waals surface area (Å²) < 4.78 is 5.46. The Morgan fingerprint density at radius 2 is 1.83 bits per heavy atom. The highest BCUT2D eigenvalue weighted by atomic mass is 35.5. The van der Waals surface area contributed by atoms with Gasteiger partial charge in [-0.15, -0.1) is 0 Å². The maximum Gasteiger partial charge on any atom is 0.170 e.